The van der Waals surface area contributed by atoms with E-state index in [4.69, 9.17) is 22.5 Å². The van der Waals surface area contributed by atoms with Gasteiger partial charge < -0.3 is 16.3 Å². The number of hydrogen-bond donors (Lipinski definition) is 3. The molecular weight excluding hydrogens is 242 g/mol. The third-order valence-corrected chi connectivity index (χ3v) is 2.63. The van der Waals surface area contributed by atoms with Crippen molar-refractivity contribution in [2.45, 2.75) is 13.8 Å². The van der Waals surface area contributed by atoms with Crippen LogP contribution in [0.5, 0.6) is 0 Å². The van der Waals surface area contributed by atoms with Gasteiger partial charge in [-0.25, -0.2) is 0 Å². The van der Waals surface area contributed by atoms with Crippen molar-refractivity contribution in [2.75, 3.05) is 5.32 Å². The number of carbonyl (C=O) groups is 1. The lowest BCUT2D eigenvalue weighted by atomic mass is 10.1. The zero-order chi connectivity index (χ0) is 13.0. The van der Waals surface area contributed by atoms with Gasteiger partial charge in [-0.3, -0.25) is 4.79 Å². The van der Waals surface area contributed by atoms with Crippen molar-refractivity contribution in [3.8, 4) is 0 Å². The second kappa shape index (κ2) is 5.54. The van der Waals surface area contributed by atoms with Gasteiger partial charge in [0.2, 0.25) is 5.91 Å². The second-order valence-corrected chi connectivity index (χ2v) is 4.13. The summed E-state index contributed by atoms with van der Waals surface area (Å²) in [5.74, 6) is -1.17. The number of aryl methyl sites for hydroxylation is 1. The number of oxime groups is 1. The van der Waals surface area contributed by atoms with E-state index in [0.717, 1.165) is 5.56 Å². The summed E-state index contributed by atoms with van der Waals surface area (Å²) in [6, 6.07) is 5.12. The summed E-state index contributed by atoms with van der Waals surface area (Å²) < 4.78 is 0. The maximum Gasteiger partial charge on any atom is 0.234 e. The third-order valence-electron chi connectivity index (χ3n) is 2.40. The Morgan fingerprint density at radius 1 is 1.59 bits per heavy atom. The molecule has 0 fully saturated rings. The van der Waals surface area contributed by atoms with Crippen LogP contribution in [0.3, 0.4) is 0 Å². The van der Waals surface area contributed by atoms with Gasteiger partial charge in [0.1, 0.15) is 0 Å². The minimum Gasteiger partial charge on any atom is -0.409 e. The molecule has 1 aromatic carbocycles. The van der Waals surface area contributed by atoms with Crippen LogP contribution in [0.2, 0.25) is 5.02 Å². The molecule has 0 bridgehead atoms. The molecular formula is C11H14ClN3O2. The molecule has 0 aromatic heterocycles. The van der Waals surface area contributed by atoms with E-state index in [1.807, 2.05) is 6.92 Å². The molecule has 0 spiro atoms. The molecule has 1 aromatic rings. The smallest absolute Gasteiger partial charge is 0.234 e. The number of nitrogens with two attached hydrogens (primary N) is 1. The zero-order valence-corrected chi connectivity index (χ0v) is 10.3. The monoisotopic (exact) mass is 255 g/mol. The molecule has 1 rings (SSSR count). The molecule has 0 aliphatic carbocycles. The molecule has 1 amide bonds. The Morgan fingerprint density at radius 2 is 2.24 bits per heavy atom. The number of rotatable bonds is 3. The highest BCUT2D eigenvalue weighted by Crippen LogP contribution is 2.20. The third kappa shape index (κ3) is 3.35. The fraction of sp³-hybridized carbons (Fsp3) is 0.273. The number of anilines is 1. The van der Waals surface area contributed by atoms with E-state index in [1.165, 1.54) is 0 Å². The second-order valence-electron chi connectivity index (χ2n) is 3.70. The molecule has 5 nitrogen and oxygen atoms in total. The molecule has 0 radical (unpaired) electrons. The van der Waals surface area contributed by atoms with Crippen molar-refractivity contribution in [1.82, 2.24) is 0 Å². The molecule has 4 N–H and O–H groups in total. The first-order valence-electron chi connectivity index (χ1n) is 5.00. The first-order valence-corrected chi connectivity index (χ1v) is 5.38. The number of nitrogens with one attached hydrogen (secondary N) is 1. The molecule has 0 aliphatic heterocycles. The fourth-order valence-corrected chi connectivity index (χ4v) is 1.46. The predicted molar refractivity (Wildman–Crippen MR) is 67.4 cm³/mol. The van der Waals surface area contributed by atoms with Gasteiger partial charge in [0.15, 0.2) is 5.84 Å². The highest BCUT2D eigenvalue weighted by Gasteiger charge is 2.18. The van der Waals surface area contributed by atoms with Gasteiger partial charge in [0, 0.05) is 10.7 Å². The lowest BCUT2D eigenvalue weighted by molar-refractivity contribution is -0.117. The van der Waals surface area contributed by atoms with Crippen molar-refractivity contribution in [1.29, 1.82) is 0 Å². The summed E-state index contributed by atoms with van der Waals surface area (Å²) in [6.07, 6.45) is 0. The number of carbonyl (C=O) groups excluding carboxylic acids is 1. The van der Waals surface area contributed by atoms with Crippen molar-refractivity contribution in [3.05, 3.63) is 28.8 Å². The highest BCUT2D eigenvalue weighted by atomic mass is 35.5. The topological polar surface area (TPSA) is 87.7 Å². The summed E-state index contributed by atoms with van der Waals surface area (Å²) >= 11 is 5.80. The van der Waals surface area contributed by atoms with Crippen molar-refractivity contribution >= 4 is 29.0 Å². The molecule has 1 atom stereocenters. The lowest BCUT2D eigenvalue weighted by Crippen LogP contribution is -2.32. The Balaban J connectivity index is 2.81. The standard InChI is InChI=1S/C11H14ClN3O2/c1-6-5-8(12)3-4-9(6)14-11(16)7(2)10(13)15-17/h3-5,7,17H,1-2H3,(H2,13,15)(H,14,16). The van der Waals surface area contributed by atoms with Gasteiger partial charge in [-0.1, -0.05) is 16.8 Å². The molecule has 0 heterocycles. The summed E-state index contributed by atoms with van der Waals surface area (Å²) in [7, 11) is 0. The van der Waals surface area contributed by atoms with E-state index in [1.54, 1.807) is 25.1 Å². The average Bonchev–Trinajstić information content (AvgIpc) is 2.30. The van der Waals surface area contributed by atoms with Crippen LogP contribution in [0.25, 0.3) is 0 Å². The SMILES string of the molecule is Cc1cc(Cl)ccc1NC(=O)C(C)C(N)=NO. The van der Waals surface area contributed by atoms with Crippen LogP contribution in [-0.4, -0.2) is 17.0 Å². The Kier molecular flexibility index (Phi) is 4.34. The average molecular weight is 256 g/mol. The van der Waals surface area contributed by atoms with E-state index < -0.39 is 5.92 Å². The van der Waals surface area contributed by atoms with E-state index in [-0.39, 0.29) is 11.7 Å². The summed E-state index contributed by atoms with van der Waals surface area (Å²) in [5.41, 5.74) is 6.85. The van der Waals surface area contributed by atoms with Gasteiger partial charge in [-0.2, -0.15) is 0 Å². The number of hydrogen-bond acceptors (Lipinski definition) is 3. The Labute approximate surface area is 104 Å². The van der Waals surface area contributed by atoms with E-state index in [2.05, 4.69) is 10.5 Å². The first-order chi connectivity index (χ1) is 7.95. The van der Waals surface area contributed by atoms with Crippen LogP contribution in [0.1, 0.15) is 12.5 Å². The number of benzene rings is 1. The number of nitrogens with zero attached hydrogens (tertiary/aromatic N) is 1. The van der Waals surface area contributed by atoms with Crippen LogP contribution in [-0.2, 0) is 4.79 Å². The van der Waals surface area contributed by atoms with Gasteiger partial charge >= 0.3 is 0 Å². The van der Waals surface area contributed by atoms with Gasteiger partial charge in [-0.15, -0.1) is 0 Å². The number of amidine groups is 1. The summed E-state index contributed by atoms with van der Waals surface area (Å²) in [6.45, 7) is 3.38. The minimum atomic E-state index is -0.699. The molecule has 0 saturated heterocycles. The normalized spacial score (nSPS) is 13.2. The first kappa shape index (κ1) is 13.3. The van der Waals surface area contributed by atoms with Crippen LogP contribution >= 0.6 is 11.6 Å². The quantitative estimate of drug-likeness (QED) is 0.334. The van der Waals surface area contributed by atoms with Gasteiger partial charge in [-0.05, 0) is 37.6 Å². The Bertz CT molecular complexity index is 460. The minimum absolute atomic E-state index is 0.130. The van der Waals surface area contributed by atoms with E-state index in [9.17, 15) is 4.79 Å². The largest absolute Gasteiger partial charge is 0.409 e. The Morgan fingerprint density at radius 3 is 2.76 bits per heavy atom. The van der Waals surface area contributed by atoms with Crippen LogP contribution in [0.4, 0.5) is 5.69 Å². The fourth-order valence-electron chi connectivity index (χ4n) is 1.23. The van der Waals surface area contributed by atoms with Crippen LogP contribution in [0, 0.1) is 12.8 Å². The van der Waals surface area contributed by atoms with E-state index >= 15 is 0 Å². The summed E-state index contributed by atoms with van der Waals surface area (Å²) in [4.78, 5) is 11.7. The van der Waals surface area contributed by atoms with E-state index in [0.29, 0.717) is 10.7 Å². The molecule has 92 valence electrons. The maximum atomic E-state index is 11.7. The highest BCUT2D eigenvalue weighted by molar-refractivity contribution is 6.30. The molecule has 1 unspecified atom stereocenters. The summed E-state index contributed by atoms with van der Waals surface area (Å²) in [5, 5.41) is 14.6. The molecule has 0 saturated carbocycles. The predicted octanol–water partition coefficient (Wildman–Crippen LogP) is 1.97. The van der Waals surface area contributed by atoms with Gasteiger partial charge in [0.25, 0.3) is 0 Å². The number of halogens is 1. The van der Waals surface area contributed by atoms with Crippen molar-refractivity contribution in [3.63, 3.8) is 0 Å². The van der Waals surface area contributed by atoms with Gasteiger partial charge in [0.05, 0.1) is 5.92 Å². The lowest BCUT2D eigenvalue weighted by Gasteiger charge is -2.12. The molecule has 0 aliphatic rings. The van der Waals surface area contributed by atoms with Crippen LogP contribution in [0.15, 0.2) is 23.4 Å². The zero-order valence-electron chi connectivity index (χ0n) is 9.57. The van der Waals surface area contributed by atoms with Crippen molar-refractivity contribution < 1.29 is 10.0 Å². The van der Waals surface area contributed by atoms with Crippen LogP contribution < -0.4 is 11.1 Å². The molecule has 6 heteroatoms. The Hall–Kier alpha value is -1.75. The molecule has 17 heavy (non-hydrogen) atoms. The number of amides is 1. The maximum absolute atomic E-state index is 11.7. The van der Waals surface area contributed by atoms with Crippen molar-refractivity contribution in [2.24, 2.45) is 16.8 Å².